The molecule has 0 aromatic heterocycles. The van der Waals surface area contributed by atoms with Gasteiger partial charge in [-0.2, -0.15) is 0 Å². The SMILES string of the molecule is Nc1ccc(CN2CC3CCCC(C3)C2)cc1F. The summed E-state index contributed by atoms with van der Waals surface area (Å²) in [6.45, 7) is 3.23. The van der Waals surface area contributed by atoms with Gasteiger partial charge in [0.15, 0.2) is 0 Å². The van der Waals surface area contributed by atoms with Crippen molar-refractivity contribution >= 4 is 5.69 Å². The van der Waals surface area contributed by atoms with Crippen LogP contribution in [0.5, 0.6) is 0 Å². The van der Waals surface area contributed by atoms with Gasteiger partial charge in [0.05, 0.1) is 5.69 Å². The van der Waals surface area contributed by atoms with Crippen LogP contribution in [0.4, 0.5) is 10.1 Å². The van der Waals surface area contributed by atoms with E-state index < -0.39 is 0 Å². The lowest BCUT2D eigenvalue weighted by Gasteiger charge is -2.41. The molecule has 3 rings (SSSR count). The molecular weight excluding hydrogens is 227 g/mol. The zero-order valence-electron chi connectivity index (χ0n) is 10.7. The Labute approximate surface area is 108 Å². The molecule has 0 spiro atoms. The largest absolute Gasteiger partial charge is 0.396 e. The molecule has 18 heavy (non-hydrogen) atoms. The Bertz CT molecular complexity index is 421. The van der Waals surface area contributed by atoms with Gasteiger partial charge in [-0.05, 0) is 48.8 Å². The molecule has 2 aliphatic rings. The van der Waals surface area contributed by atoms with E-state index in [2.05, 4.69) is 4.90 Å². The Morgan fingerprint density at radius 1 is 1.22 bits per heavy atom. The number of anilines is 1. The molecule has 2 atom stereocenters. The third kappa shape index (κ3) is 2.51. The number of fused-ring (bicyclic) bond motifs is 2. The molecule has 1 saturated heterocycles. The van der Waals surface area contributed by atoms with E-state index in [1.54, 1.807) is 12.1 Å². The molecule has 2 nitrogen and oxygen atoms in total. The standard InChI is InChI=1S/C15H21FN2/c16-14-7-13(4-5-15(14)17)10-18-8-11-2-1-3-12(6-11)9-18/h4-5,7,11-12H,1-3,6,8-10,17H2. The Hall–Kier alpha value is -1.09. The number of nitrogen functional groups attached to an aromatic ring is 1. The second kappa shape index (κ2) is 4.88. The minimum Gasteiger partial charge on any atom is -0.396 e. The summed E-state index contributed by atoms with van der Waals surface area (Å²) in [7, 11) is 0. The minimum atomic E-state index is -0.287. The summed E-state index contributed by atoms with van der Waals surface area (Å²) in [5, 5.41) is 0. The topological polar surface area (TPSA) is 29.3 Å². The normalized spacial score (nSPS) is 28.3. The first-order valence-corrected chi connectivity index (χ1v) is 6.97. The van der Waals surface area contributed by atoms with Gasteiger partial charge in [0, 0.05) is 19.6 Å². The monoisotopic (exact) mass is 248 g/mol. The lowest BCUT2D eigenvalue weighted by molar-refractivity contribution is 0.0807. The van der Waals surface area contributed by atoms with E-state index in [4.69, 9.17) is 5.73 Å². The van der Waals surface area contributed by atoms with E-state index in [0.717, 1.165) is 23.9 Å². The summed E-state index contributed by atoms with van der Waals surface area (Å²) in [5.74, 6) is 1.46. The highest BCUT2D eigenvalue weighted by molar-refractivity contribution is 5.41. The van der Waals surface area contributed by atoms with Crippen LogP contribution in [0.2, 0.25) is 0 Å². The number of rotatable bonds is 2. The highest BCUT2D eigenvalue weighted by Gasteiger charge is 2.30. The molecule has 1 aromatic rings. The van der Waals surface area contributed by atoms with E-state index in [-0.39, 0.29) is 11.5 Å². The molecule has 0 radical (unpaired) electrons. The quantitative estimate of drug-likeness (QED) is 0.815. The molecule has 2 bridgehead atoms. The Morgan fingerprint density at radius 2 is 1.94 bits per heavy atom. The van der Waals surface area contributed by atoms with Crippen molar-refractivity contribution in [2.75, 3.05) is 18.8 Å². The molecule has 98 valence electrons. The predicted molar refractivity (Wildman–Crippen MR) is 71.5 cm³/mol. The molecule has 1 heterocycles. The zero-order chi connectivity index (χ0) is 12.5. The second-order valence-corrected chi connectivity index (χ2v) is 5.95. The number of likely N-dealkylation sites (tertiary alicyclic amines) is 1. The van der Waals surface area contributed by atoms with Gasteiger partial charge in [0.2, 0.25) is 0 Å². The van der Waals surface area contributed by atoms with Crippen molar-refractivity contribution in [1.82, 2.24) is 4.90 Å². The lowest BCUT2D eigenvalue weighted by atomic mass is 9.78. The third-order valence-corrected chi connectivity index (χ3v) is 4.40. The Morgan fingerprint density at radius 3 is 2.61 bits per heavy atom. The first-order chi connectivity index (χ1) is 8.70. The fourth-order valence-electron chi connectivity index (χ4n) is 3.60. The van der Waals surface area contributed by atoms with E-state index in [0.29, 0.717) is 0 Å². The summed E-state index contributed by atoms with van der Waals surface area (Å²) in [6, 6.07) is 5.21. The van der Waals surface area contributed by atoms with Gasteiger partial charge >= 0.3 is 0 Å². The second-order valence-electron chi connectivity index (χ2n) is 5.95. The van der Waals surface area contributed by atoms with Gasteiger partial charge in [-0.3, -0.25) is 4.90 Å². The minimum absolute atomic E-state index is 0.245. The van der Waals surface area contributed by atoms with Crippen LogP contribution >= 0.6 is 0 Å². The predicted octanol–water partition coefficient (Wildman–Crippen LogP) is 3.03. The highest BCUT2D eigenvalue weighted by Crippen LogP contribution is 2.34. The number of benzene rings is 1. The van der Waals surface area contributed by atoms with E-state index in [1.807, 2.05) is 6.07 Å². The van der Waals surface area contributed by atoms with Crippen LogP contribution in [0.3, 0.4) is 0 Å². The maximum Gasteiger partial charge on any atom is 0.146 e. The number of hydrogen-bond donors (Lipinski definition) is 1. The Balaban J connectivity index is 1.67. The van der Waals surface area contributed by atoms with Crippen molar-refractivity contribution in [3.8, 4) is 0 Å². The smallest absolute Gasteiger partial charge is 0.146 e. The number of piperidine rings is 1. The molecule has 2 unspecified atom stereocenters. The first kappa shape index (κ1) is 12.0. The molecule has 1 aromatic carbocycles. The van der Waals surface area contributed by atoms with Crippen LogP contribution in [0.15, 0.2) is 18.2 Å². The summed E-state index contributed by atoms with van der Waals surface area (Å²) in [6.07, 6.45) is 5.57. The molecule has 2 fully saturated rings. The van der Waals surface area contributed by atoms with Crippen LogP contribution < -0.4 is 5.73 Å². The molecular formula is C15H21FN2. The van der Waals surface area contributed by atoms with Gasteiger partial charge < -0.3 is 5.73 Å². The van der Waals surface area contributed by atoms with Crippen LogP contribution in [-0.2, 0) is 6.54 Å². The molecule has 1 aliphatic heterocycles. The maximum atomic E-state index is 13.4. The lowest BCUT2D eigenvalue weighted by Crippen LogP contribution is -2.42. The van der Waals surface area contributed by atoms with Crippen molar-refractivity contribution in [2.24, 2.45) is 11.8 Å². The van der Waals surface area contributed by atoms with Crippen LogP contribution in [0.1, 0.15) is 31.2 Å². The van der Waals surface area contributed by atoms with E-state index in [9.17, 15) is 4.39 Å². The van der Waals surface area contributed by atoms with Crippen LogP contribution in [0, 0.1) is 17.7 Å². The number of nitrogens with zero attached hydrogens (tertiary/aromatic N) is 1. The van der Waals surface area contributed by atoms with Crippen molar-refractivity contribution in [3.05, 3.63) is 29.6 Å². The summed E-state index contributed by atoms with van der Waals surface area (Å²) in [4.78, 5) is 2.49. The number of hydrogen-bond acceptors (Lipinski definition) is 2. The van der Waals surface area contributed by atoms with Crippen LogP contribution in [0.25, 0.3) is 0 Å². The maximum absolute atomic E-state index is 13.4. The number of halogens is 1. The molecule has 1 saturated carbocycles. The summed E-state index contributed by atoms with van der Waals surface area (Å²) >= 11 is 0. The van der Waals surface area contributed by atoms with Gasteiger partial charge in [-0.15, -0.1) is 0 Å². The summed E-state index contributed by atoms with van der Waals surface area (Å²) in [5.41, 5.74) is 6.80. The zero-order valence-corrected chi connectivity index (χ0v) is 10.7. The van der Waals surface area contributed by atoms with E-state index in [1.165, 1.54) is 38.8 Å². The van der Waals surface area contributed by atoms with Gasteiger partial charge in [0.25, 0.3) is 0 Å². The molecule has 3 heteroatoms. The van der Waals surface area contributed by atoms with Gasteiger partial charge in [-0.1, -0.05) is 12.5 Å². The van der Waals surface area contributed by atoms with Crippen LogP contribution in [-0.4, -0.2) is 18.0 Å². The average Bonchev–Trinajstić information content (AvgIpc) is 2.33. The van der Waals surface area contributed by atoms with Gasteiger partial charge in [-0.25, -0.2) is 4.39 Å². The fraction of sp³-hybridized carbons (Fsp3) is 0.600. The molecule has 1 aliphatic carbocycles. The Kier molecular flexibility index (Phi) is 3.25. The molecule has 2 N–H and O–H groups in total. The highest BCUT2D eigenvalue weighted by atomic mass is 19.1. The third-order valence-electron chi connectivity index (χ3n) is 4.40. The van der Waals surface area contributed by atoms with E-state index >= 15 is 0 Å². The van der Waals surface area contributed by atoms with Crippen molar-refractivity contribution in [3.63, 3.8) is 0 Å². The van der Waals surface area contributed by atoms with Gasteiger partial charge in [0.1, 0.15) is 5.82 Å². The van der Waals surface area contributed by atoms with Crippen molar-refractivity contribution in [2.45, 2.75) is 32.2 Å². The first-order valence-electron chi connectivity index (χ1n) is 6.97. The number of nitrogens with two attached hydrogens (primary N) is 1. The molecule has 0 amide bonds. The van der Waals surface area contributed by atoms with Crippen molar-refractivity contribution < 1.29 is 4.39 Å². The fourth-order valence-corrected chi connectivity index (χ4v) is 3.60. The average molecular weight is 248 g/mol. The summed E-state index contributed by atoms with van der Waals surface area (Å²) < 4.78 is 13.4. The van der Waals surface area contributed by atoms with Crippen molar-refractivity contribution in [1.29, 1.82) is 0 Å².